The molecule has 168 valence electrons. The van der Waals surface area contributed by atoms with Crippen molar-refractivity contribution in [1.29, 1.82) is 0 Å². The number of hydrogen-bond acceptors (Lipinski definition) is 2. The van der Waals surface area contributed by atoms with E-state index in [1.165, 1.54) is 101 Å². The Morgan fingerprint density at radius 3 is 2.17 bits per heavy atom. The predicted molar refractivity (Wildman–Crippen MR) is 132 cm³/mol. The zero-order chi connectivity index (χ0) is 21.0. The molecule has 30 heavy (non-hydrogen) atoms. The molecular formula is C28H46N2. The summed E-state index contributed by atoms with van der Waals surface area (Å²) in [5.74, 6) is 3.28. The van der Waals surface area contributed by atoms with Gasteiger partial charge in [0.1, 0.15) is 0 Å². The highest BCUT2D eigenvalue weighted by Crippen LogP contribution is 2.34. The van der Waals surface area contributed by atoms with Crippen LogP contribution in [-0.4, -0.2) is 25.3 Å². The van der Waals surface area contributed by atoms with E-state index in [-0.39, 0.29) is 0 Å². The zero-order valence-corrected chi connectivity index (χ0v) is 19.6. The summed E-state index contributed by atoms with van der Waals surface area (Å²) in [4.78, 5) is 5.03. The Balaban J connectivity index is 1.46. The van der Waals surface area contributed by atoms with E-state index in [1.54, 1.807) is 0 Å². The van der Waals surface area contributed by atoms with Gasteiger partial charge in [0.25, 0.3) is 0 Å². The second-order valence-corrected chi connectivity index (χ2v) is 10.0. The lowest BCUT2D eigenvalue weighted by Gasteiger charge is -2.31. The van der Waals surface area contributed by atoms with Gasteiger partial charge in [0, 0.05) is 18.2 Å². The van der Waals surface area contributed by atoms with E-state index in [2.05, 4.69) is 43.1 Å². The summed E-state index contributed by atoms with van der Waals surface area (Å²) >= 11 is 0. The minimum Gasteiger partial charge on any atom is -0.317 e. The largest absolute Gasteiger partial charge is 0.317 e. The topological polar surface area (TPSA) is 24.4 Å². The highest BCUT2D eigenvalue weighted by Gasteiger charge is 2.27. The van der Waals surface area contributed by atoms with Crippen molar-refractivity contribution in [3.05, 3.63) is 36.5 Å². The molecule has 0 aromatic rings. The lowest BCUT2D eigenvalue weighted by molar-refractivity contribution is 0.222. The molecular weight excluding hydrogens is 364 g/mol. The van der Waals surface area contributed by atoms with Crippen LogP contribution in [0.3, 0.4) is 0 Å². The summed E-state index contributed by atoms with van der Waals surface area (Å²) in [6.45, 7) is 9.84. The predicted octanol–water partition coefficient (Wildman–Crippen LogP) is 7.28. The first-order chi connectivity index (χ1) is 14.8. The monoisotopic (exact) mass is 410 g/mol. The van der Waals surface area contributed by atoms with Gasteiger partial charge in [-0.2, -0.15) is 0 Å². The van der Waals surface area contributed by atoms with E-state index in [0.29, 0.717) is 5.92 Å². The van der Waals surface area contributed by atoms with Crippen molar-refractivity contribution in [2.24, 2.45) is 28.7 Å². The van der Waals surface area contributed by atoms with Crippen LogP contribution in [0.15, 0.2) is 41.4 Å². The maximum absolute atomic E-state index is 5.03. The average Bonchev–Trinajstić information content (AvgIpc) is 3.25. The molecule has 2 fully saturated rings. The third-order valence-corrected chi connectivity index (χ3v) is 7.89. The Bertz CT molecular complexity index is 580. The quantitative estimate of drug-likeness (QED) is 0.473. The third-order valence-electron chi connectivity index (χ3n) is 7.89. The Labute approximate surface area is 186 Å². The van der Waals surface area contributed by atoms with Gasteiger partial charge in [-0.1, -0.05) is 82.2 Å². The summed E-state index contributed by atoms with van der Waals surface area (Å²) in [6.07, 6.45) is 26.7. The van der Waals surface area contributed by atoms with Crippen molar-refractivity contribution in [3.63, 3.8) is 0 Å². The number of nitrogens with zero attached hydrogens (tertiary/aromatic N) is 1. The van der Waals surface area contributed by atoms with Crippen molar-refractivity contribution in [1.82, 2.24) is 5.32 Å². The fourth-order valence-electron chi connectivity index (χ4n) is 5.94. The molecule has 1 N–H and O–H groups in total. The molecule has 0 radical (unpaired) electrons. The van der Waals surface area contributed by atoms with E-state index in [0.717, 1.165) is 30.7 Å². The van der Waals surface area contributed by atoms with Gasteiger partial charge in [0.15, 0.2) is 0 Å². The van der Waals surface area contributed by atoms with Gasteiger partial charge >= 0.3 is 0 Å². The lowest BCUT2D eigenvalue weighted by Crippen LogP contribution is -2.31. The summed E-state index contributed by atoms with van der Waals surface area (Å²) in [7, 11) is 0. The molecule has 1 aliphatic carbocycles. The third kappa shape index (κ3) is 7.52. The van der Waals surface area contributed by atoms with E-state index in [1.807, 2.05) is 0 Å². The van der Waals surface area contributed by atoms with Crippen LogP contribution in [0.25, 0.3) is 0 Å². The van der Waals surface area contributed by atoms with Crippen LogP contribution in [0, 0.1) is 23.7 Å². The molecule has 2 heterocycles. The van der Waals surface area contributed by atoms with Crippen LogP contribution in [-0.2, 0) is 0 Å². The molecule has 1 saturated heterocycles. The number of allylic oxidation sites excluding steroid dienone is 4. The number of aliphatic imine (C=N–C) groups is 1. The van der Waals surface area contributed by atoms with Crippen LogP contribution in [0.5, 0.6) is 0 Å². The van der Waals surface area contributed by atoms with Crippen molar-refractivity contribution in [3.8, 4) is 0 Å². The van der Waals surface area contributed by atoms with Crippen molar-refractivity contribution >= 4 is 5.71 Å². The Kier molecular flexibility index (Phi) is 10.4. The minimum absolute atomic E-state index is 0.536. The summed E-state index contributed by atoms with van der Waals surface area (Å²) < 4.78 is 0. The maximum atomic E-state index is 5.03. The summed E-state index contributed by atoms with van der Waals surface area (Å²) in [5.41, 5.74) is 2.77. The second kappa shape index (κ2) is 13.3. The second-order valence-electron chi connectivity index (χ2n) is 10.0. The molecule has 1 unspecified atom stereocenters. The minimum atomic E-state index is 0.536. The number of rotatable bonds is 5. The molecule has 0 bridgehead atoms. The van der Waals surface area contributed by atoms with Crippen LogP contribution in [0.1, 0.15) is 90.4 Å². The fourth-order valence-corrected chi connectivity index (χ4v) is 5.94. The molecule has 0 spiro atoms. The lowest BCUT2D eigenvalue weighted by atomic mass is 9.78. The normalized spacial score (nSPS) is 30.8. The van der Waals surface area contributed by atoms with Crippen LogP contribution in [0.4, 0.5) is 0 Å². The Morgan fingerprint density at radius 1 is 0.867 bits per heavy atom. The van der Waals surface area contributed by atoms with Gasteiger partial charge in [0.05, 0.1) is 0 Å². The number of nitrogens with one attached hydrogen (secondary N) is 1. The SMILES string of the molecule is C=C(/C=C\C=C/C)C1CN=C(C2CCCCCC(C3CCNCC3)CCCCC2)C1. The molecule has 1 saturated carbocycles. The molecule has 2 nitrogen and oxygen atoms in total. The molecule has 0 aromatic heterocycles. The van der Waals surface area contributed by atoms with E-state index < -0.39 is 0 Å². The first-order valence-electron chi connectivity index (χ1n) is 13.0. The van der Waals surface area contributed by atoms with Gasteiger partial charge in [0.2, 0.25) is 0 Å². The Morgan fingerprint density at radius 2 is 1.50 bits per heavy atom. The van der Waals surface area contributed by atoms with Gasteiger partial charge in [-0.15, -0.1) is 0 Å². The molecule has 3 aliphatic rings. The first-order valence-corrected chi connectivity index (χ1v) is 13.0. The van der Waals surface area contributed by atoms with Crippen molar-refractivity contribution < 1.29 is 0 Å². The highest BCUT2D eigenvalue weighted by molar-refractivity contribution is 5.88. The average molecular weight is 411 g/mol. The van der Waals surface area contributed by atoms with E-state index in [9.17, 15) is 0 Å². The number of piperidine rings is 1. The smallest absolute Gasteiger partial charge is 0.0460 e. The van der Waals surface area contributed by atoms with Crippen LogP contribution < -0.4 is 5.32 Å². The number of hydrogen-bond donors (Lipinski definition) is 1. The Hall–Kier alpha value is -1.15. The summed E-state index contributed by atoms with van der Waals surface area (Å²) in [5, 5.41) is 3.55. The van der Waals surface area contributed by atoms with Gasteiger partial charge in [-0.25, -0.2) is 0 Å². The van der Waals surface area contributed by atoms with Crippen molar-refractivity contribution in [2.75, 3.05) is 19.6 Å². The molecule has 0 amide bonds. The van der Waals surface area contributed by atoms with E-state index in [4.69, 9.17) is 4.99 Å². The molecule has 2 aliphatic heterocycles. The first kappa shape index (κ1) is 23.5. The highest BCUT2D eigenvalue weighted by atomic mass is 14.9. The molecule has 1 atom stereocenters. The fraction of sp³-hybridized carbons (Fsp3) is 0.750. The van der Waals surface area contributed by atoms with Gasteiger partial charge in [-0.3, -0.25) is 4.99 Å². The summed E-state index contributed by atoms with van der Waals surface area (Å²) in [6, 6.07) is 0. The zero-order valence-electron chi connectivity index (χ0n) is 19.6. The molecule has 3 rings (SSSR count). The van der Waals surface area contributed by atoms with Crippen LogP contribution >= 0.6 is 0 Å². The van der Waals surface area contributed by atoms with E-state index >= 15 is 0 Å². The van der Waals surface area contributed by atoms with Gasteiger partial charge in [-0.05, 0) is 75.4 Å². The van der Waals surface area contributed by atoms with Gasteiger partial charge < -0.3 is 5.32 Å². The molecule has 2 heteroatoms. The maximum Gasteiger partial charge on any atom is 0.0460 e. The standard InChI is InChI=1S/C28H46N2/c1-3-4-7-12-23(2)27-21-28(30-22-27)26-15-10-5-8-13-24(14-9-6-11-16-26)25-17-19-29-20-18-25/h3-4,7,12,24-27,29H,2,5-6,8-11,13-22H2,1H3/b4-3-,12-7-. The molecule has 0 aromatic carbocycles. The van der Waals surface area contributed by atoms with Crippen LogP contribution in [0.2, 0.25) is 0 Å². The van der Waals surface area contributed by atoms with Crippen molar-refractivity contribution in [2.45, 2.75) is 90.4 Å².